The molecule has 1 heterocycles. The molecular formula is C13H15N3O. The highest BCUT2D eigenvalue weighted by Gasteiger charge is 2.08. The van der Waals surface area contributed by atoms with Crippen LogP contribution in [0.15, 0.2) is 24.3 Å². The molecule has 1 aromatic heterocycles. The van der Waals surface area contributed by atoms with E-state index in [0.29, 0.717) is 5.88 Å². The van der Waals surface area contributed by atoms with Crippen LogP contribution in [0.5, 0.6) is 5.88 Å². The van der Waals surface area contributed by atoms with Crippen molar-refractivity contribution in [2.45, 2.75) is 13.8 Å². The van der Waals surface area contributed by atoms with Gasteiger partial charge >= 0.3 is 0 Å². The van der Waals surface area contributed by atoms with Gasteiger partial charge in [0.2, 0.25) is 11.8 Å². The number of rotatable bonds is 2. The summed E-state index contributed by atoms with van der Waals surface area (Å²) in [6.07, 6.45) is 0. The fourth-order valence-electron chi connectivity index (χ4n) is 1.71. The third-order valence-corrected chi connectivity index (χ3v) is 2.81. The average molecular weight is 229 g/mol. The van der Waals surface area contributed by atoms with Gasteiger partial charge in [0, 0.05) is 11.6 Å². The third kappa shape index (κ3) is 2.20. The standard InChI is InChI=1S/C13H15N3O/c1-8-5-4-6-10(9(8)2)11-7-12(17-3)16-13(14)15-11/h4-7H,1-3H3,(H2,14,15,16). The number of ether oxygens (including phenoxy) is 1. The summed E-state index contributed by atoms with van der Waals surface area (Å²) in [5.74, 6) is 0.702. The van der Waals surface area contributed by atoms with Gasteiger partial charge in [-0.25, -0.2) is 4.98 Å². The number of nitrogens with two attached hydrogens (primary N) is 1. The Morgan fingerprint density at radius 1 is 1.18 bits per heavy atom. The maximum absolute atomic E-state index is 5.66. The van der Waals surface area contributed by atoms with Crippen LogP contribution < -0.4 is 10.5 Å². The monoisotopic (exact) mass is 229 g/mol. The van der Waals surface area contributed by atoms with Gasteiger partial charge < -0.3 is 10.5 Å². The Hall–Kier alpha value is -2.10. The van der Waals surface area contributed by atoms with Crippen LogP contribution in [0.3, 0.4) is 0 Å². The van der Waals surface area contributed by atoms with E-state index in [2.05, 4.69) is 29.9 Å². The Balaban J connectivity index is 2.60. The molecule has 0 saturated heterocycles. The van der Waals surface area contributed by atoms with Crippen LogP contribution in [0.2, 0.25) is 0 Å². The Kier molecular flexibility index (Phi) is 2.95. The Morgan fingerprint density at radius 2 is 1.94 bits per heavy atom. The van der Waals surface area contributed by atoms with Crippen LogP contribution in [0.1, 0.15) is 11.1 Å². The second-order valence-electron chi connectivity index (χ2n) is 3.90. The number of benzene rings is 1. The van der Waals surface area contributed by atoms with E-state index in [0.717, 1.165) is 11.3 Å². The highest BCUT2D eigenvalue weighted by Crippen LogP contribution is 2.26. The number of methoxy groups -OCH3 is 1. The number of hydrogen-bond donors (Lipinski definition) is 1. The molecule has 2 aromatic rings. The topological polar surface area (TPSA) is 61.0 Å². The highest BCUT2D eigenvalue weighted by molar-refractivity contribution is 5.66. The Morgan fingerprint density at radius 3 is 2.65 bits per heavy atom. The van der Waals surface area contributed by atoms with Crippen molar-refractivity contribution in [3.05, 3.63) is 35.4 Å². The molecular weight excluding hydrogens is 214 g/mol. The van der Waals surface area contributed by atoms with Crippen molar-refractivity contribution in [2.24, 2.45) is 0 Å². The molecule has 0 bridgehead atoms. The molecule has 0 aliphatic heterocycles. The quantitative estimate of drug-likeness (QED) is 0.858. The first kappa shape index (κ1) is 11.4. The van der Waals surface area contributed by atoms with Gasteiger partial charge in [-0.15, -0.1) is 0 Å². The molecule has 2 rings (SSSR count). The van der Waals surface area contributed by atoms with Gasteiger partial charge in [-0.3, -0.25) is 0 Å². The zero-order chi connectivity index (χ0) is 12.4. The molecule has 17 heavy (non-hydrogen) atoms. The van der Waals surface area contributed by atoms with E-state index in [1.54, 1.807) is 13.2 Å². The van der Waals surface area contributed by atoms with Gasteiger partial charge in [0.05, 0.1) is 12.8 Å². The zero-order valence-electron chi connectivity index (χ0n) is 10.2. The van der Waals surface area contributed by atoms with Crippen LogP contribution >= 0.6 is 0 Å². The maximum Gasteiger partial charge on any atom is 0.223 e. The first-order chi connectivity index (χ1) is 8.11. The maximum atomic E-state index is 5.66. The van der Waals surface area contributed by atoms with E-state index >= 15 is 0 Å². The molecule has 88 valence electrons. The van der Waals surface area contributed by atoms with E-state index in [1.807, 2.05) is 12.1 Å². The van der Waals surface area contributed by atoms with Crippen LogP contribution in [0.4, 0.5) is 5.95 Å². The first-order valence-corrected chi connectivity index (χ1v) is 5.37. The highest BCUT2D eigenvalue weighted by atomic mass is 16.5. The molecule has 0 unspecified atom stereocenters. The van der Waals surface area contributed by atoms with Gasteiger partial charge in [0.1, 0.15) is 0 Å². The van der Waals surface area contributed by atoms with Crippen LogP contribution in [-0.2, 0) is 0 Å². The van der Waals surface area contributed by atoms with E-state index in [4.69, 9.17) is 10.5 Å². The molecule has 0 fully saturated rings. The molecule has 4 heteroatoms. The molecule has 0 saturated carbocycles. The smallest absolute Gasteiger partial charge is 0.223 e. The minimum atomic E-state index is 0.222. The number of aromatic nitrogens is 2. The third-order valence-electron chi connectivity index (χ3n) is 2.81. The first-order valence-electron chi connectivity index (χ1n) is 5.37. The summed E-state index contributed by atoms with van der Waals surface area (Å²) >= 11 is 0. The molecule has 1 aromatic carbocycles. The lowest BCUT2D eigenvalue weighted by atomic mass is 10.0. The van der Waals surface area contributed by atoms with Gasteiger partial charge in [0.25, 0.3) is 0 Å². The summed E-state index contributed by atoms with van der Waals surface area (Å²) in [5, 5.41) is 0. The Bertz CT molecular complexity index is 552. The molecule has 4 nitrogen and oxygen atoms in total. The number of nitrogens with zero attached hydrogens (tertiary/aromatic N) is 2. The van der Waals surface area contributed by atoms with Crippen molar-refractivity contribution in [3.63, 3.8) is 0 Å². The van der Waals surface area contributed by atoms with E-state index in [1.165, 1.54) is 11.1 Å². The summed E-state index contributed by atoms with van der Waals surface area (Å²) in [5.41, 5.74) is 9.91. The summed E-state index contributed by atoms with van der Waals surface area (Å²) < 4.78 is 5.10. The van der Waals surface area contributed by atoms with Gasteiger partial charge in [-0.1, -0.05) is 18.2 Å². The summed E-state index contributed by atoms with van der Waals surface area (Å²) in [6, 6.07) is 7.88. The normalized spacial score (nSPS) is 10.3. The summed E-state index contributed by atoms with van der Waals surface area (Å²) in [7, 11) is 1.56. The zero-order valence-corrected chi connectivity index (χ0v) is 10.2. The number of aryl methyl sites for hydroxylation is 1. The SMILES string of the molecule is COc1cc(-c2cccc(C)c2C)nc(N)n1. The predicted molar refractivity (Wildman–Crippen MR) is 67.9 cm³/mol. The van der Waals surface area contributed by atoms with Crippen molar-refractivity contribution >= 4 is 5.95 Å². The van der Waals surface area contributed by atoms with Crippen LogP contribution in [0, 0.1) is 13.8 Å². The lowest BCUT2D eigenvalue weighted by molar-refractivity contribution is 0.398. The van der Waals surface area contributed by atoms with Crippen LogP contribution in [0.25, 0.3) is 11.3 Å². The lowest BCUT2D eigenvalue weighted by Gasteiger charge is -2.09. The van der Waals surface area contributed by atoms with E-state index in [-0.39, 0.29) is 5.95 Å². The summed E-state index contributed by atoms with van der Waals surface area (Å²) in [6.45, 7) is 4.13. The lowest BCUT2D eigenvalue weighted by Crippen LogP contribution is -2.00. The van der Waals surface area contributed by atoms with Crippen LogP contribution in [-0.4, -0.2) is 17.1 Å². The van der Waals surface area contributed by atoms with Crippen molar-refractivity contribution in [3.8, 4) is 17.1 Å². The fourth-order valence-corrected chi connectivity index (χ4v) is 1.71. The molecule has 0 radical (unpaired) electrons. The average Bonchev–Trinajstić information content (AvgIpc) is 2.31. The molecule has 0 aliphatic rings. The predicted octanol–water partition coefficient (Wildman–Crippen LogP) is 2.35. The number of nitrogen functional groups attached to an aromatic ring is 1. The molecule has 0 atom stereocenters. The minimum Gasteiger partial charge on any atom is -0.481 e. The fraction of sp³-hybridized carbons (Fsp3) is 0.231. The minimum absolute atomic E-state index is 0.222. The van der Waals surface area contributed by atoms with Gasteiger partial charge in [0.15, 0.2) is 0 Å². The largest absolute Gasteiger partial charge is 0.481 e. The molecule has 0 spiro atoms. The summed E-state index contributed by atoms with van der Waals surface area (Å²) in [4.78, 5) is 8.22. The molecule has 2 N–H and O–H groups in total. The van der Waals surface area contributed by atoms with Crippen molar-refractivity contribution < 1.29 is 4.74 Å². The molecule has 0 aliphatic carbocycles. The number of hydrogen-bond acceptors (Lipinski definition) is 4. The number of anilines is 1. The second-order valence-corrected chi connectivity index (χ2v) is 3.90. The van der Waals surface area contributed by atoms with Crippen molar-refractivity contribution in [1.29, 1.82) is 0 Å². The van der Waals surface area contributed by atoms with Gasteiger partial charge in [-0.05, 0) is 25.0 Å². The van der Waals surface area contributed by atoms with Crippen molar-refractivity contribution in [1.82, 2.24) is 9.97 Å². The molecule has 0 amide bonds. The second kappa shape index (κ2) is 4.41. The van der Waals surface area contributed by atoms with E-state index in [9.17, 15) is 0 Å². The van der Waals surface area contributed by atoms with Gasteiger partial charge in [-0.2, -0.15) is 4.98 Å². The van der Waals surface area contributed by atoms with Crippen molar-refractivity contribution in [2.75, 3.05) is 12.8 Å². The van der Waals surface area contributed by atoms with E-state index < -0.39 is 0 Å². The Labute approximate surface area is 100 Å².